The molecule has 70 valence electrons. The molecule has 2 amide bonds. The molecule has 0 spiro atoms. The molecule has 0 radical (unpaired) electrons. The average molecular weight is 181 g/mol. The molecule has 13 heavy (non-hydrogen) atoms. The van der Waals surface area contributed by atoms with E-state index in [2.05, 4.69) is 10.6 Å². The number of nitrogens with one attached hydrogen (secondary N) is 2. The van der Waals surface area contributed by atoms with Crippen molar-refractivity contribution >= 4 is 11.8 Å². The first-order valence-electron chi connectivity index (χ1n) is 4.26. The summed E-state index contributed by atoms with van der Waals surface area (Å²) in [4.78, 5) is 24.4. The molecule has 2 heterocycles. The molecule has 2 rings (SSSR count). The Morgan fingerprint density at radius 1 is 1.54 bits per heavy atom. The lowest BCUT2D eigenvalue weighted by molar-refractivity contribution is -0.139. The van der Waals surface area contributed by atoms with Crippen molar-refractivity contribution in [3.8, 4) is 0 Å². The Morgan fingerprint density at radius 2 is 2.31 bits per heavy atom. The highest BCUT2D eigenvalue weighted by molar-refractivity contribution is 6.04. The van der Waals surface area contributed by atoms with E-state index in [9.17, 15) is 9.59 Å². The van der Waals surface area contributed by atoms with E-state index in [1.807, 2.05) is 0 Å². The molecule has 0 aromatic carbocycles. The maximum absolute atomic E-state index is 11.5. The Kier molecular flexibility index (Phi) is 1.72. The summed E-state index contributed by atoms with van der Waals surface area (Å²) in [6.07, 6.45) is 1.59. The third kappa shape index (κ3) is 1.16. The van der Waals surface area contributed by atoms with Crippen molar-refractivity contribution in [1.82, 2.24) is 15.5 Å². The predicted molar refractivity (Wildman–Crippen MR) is 45.4 cm³/mol. The van der Waals surface area contributed by atoms with Gasteiger partial charge in [-0.25, -0.2) is 0 Å². The van der Waals surface area contributed by atoms with Gasteiger partial charge in [0.05, 0.1) is 0 Å². The average Bonchev–Trinajstić information content (AvgIpc) is 2.15. The third-order valence-electron chi connectivity index (χ3n) is 2.23. The van der Waals surface area contributed by atoms with Crippen LogP contribution in [0.5, 0.6) is 0 Å². The van der Waals surface area contributed by atoms with Gasteiger partial charge in [0.2, 0.25) is 5.91 Å². The van der Waals surface area contributed by atoms with Crippen LogP contribution in [0.4, 0.5) is 0 Å². The SMILES string of the molecule is C[C@H]1NC(=O)C2=CNCCN2C1=O. The molecule has 0 aromatic rings. The van der Waals surface area contributed by atoms with E-state index in [1.165, 1.54) is 4.90 Å². The fourth-order valence-electron chi connectivity index (χ4n) is 1.53. The van der Waals surface area contributed by atoms with Crippen molar-refractivity contribution in [2.75, 3.05) is 13.1 Å². The Bertz CT molecular complexity index is 298. The molecule has 0 unspecified atom stereocenters. The minimum atomic E-state index is -0.400. The van der Waals surface area contributed by atoms with Crippen LogP contribution >= 0.6 is 0 Å². The van der Waals surface area contributed by atoms with Crippen molar-refractivity contribution in [1.29, 1.82) is 0 Å². The summed E-state index contributed by atoms with van der Waals surface area (Å²) < 4.78 is 0. The largest absolute Gasteiger partial charge is 0.387 e. The number of hydrogen-bond acceptors (Lipinski definition) is 3. The van der Waals surface area contributed by atoms with Gasteiger partial charge in [-0.15, -0.1) is 0 Å². The van der Waals surface area contributed by atoms with Crippen LogP contribution in [0.2, 0.25) is 0 Å². The zero-order valence-electron chi connectivity index (χ0n) is 7.33. The van der Waals surface area contributed by atoms with E-state index in [-0.39, 0.29) is 11.8 Å². The normalized spacial score (nSPS) is 27.3. The van der Waals surface area contributed by atoms with Crippen LogP contribution < -0.4 is 10.6 Å². The lowest BCUT2D eigenvalue weighted by atomic mass is 10.1. The molecule has 0 aliphatic carbocycles. The van der Waals surface area contributed by atoms with Gasteiger partial charge in [-0.1, -0.05) is 0 Å². The van der Waals surface area contributed by atoms with Crippen molar-refractivity contribution in [3.63, 3.8) is 0 Å². The number of carbonyl (C=O) groups is 2. The summed E-state index contributed by atoms with van der Waals surface area (Å²) in [6.45, 7) is 2.97. The van der Waals surface area contributed by atoms with Crippen molar-refractivity contribution < 1.29 is 9.59 Å². The highest BCUT2D eigenvalue weighted by Gasteiger charge is 2.34. The lowest BCUT2D eigenvalue weighted by Gasteiger charge is -2.35. The van der Waals surface area contributed by atoms with Gasteiger partial charge >= 0.3 is 0 Å². The summed E-state index contributed by atoms with van der Waals surface area (Å²) in [5.41, 5.74) is 0.425. The van der Waals surface area contributed by atoms with E-state index in [0.29, 0.717) is 18.8 Å². The number of piperazine rings is 1. The molecule has 1 saturated heterocycles. The van der Waals surface area contributed by atoms with Crippen molar-refractivity contribution in [3.05, 3.63) is 11.9 Å². The van der Waals surface area contributed by atoms with Gasteiger partial charge in [0, 0.05) is 19.3 Å². The molecule has 0 bridgehead atoms. The van der Waals surface area contributed by atoms with Crippen molar-refractivity contribution in [2.24, 2.45) is 0 Å². The van der Waals surface area contributed by atoms with Gasteiger partial charge in [0.25, 0.3) is 5.91 Å². The first-order chi connectivity index (χ1) is 6.20. The first kappa shape index (κ1) is 8.10. The fraction of sp³-hybridized carbons (Fsp3) is 0.500. The molecule has 2 aliphatic rings. The van der Waals surface area contributed by atoms with E-state index in [0.717, 1.165) is 0 Å². The topological polar surface area (TPSA) is 61.4 Å². The van der Waals surface area contributed by atoms with Crippen molar-refractivity contribution in [2.45, 2.75) is 13.0 Å². The number of rotatable bonds is 0. The third-order valence-corrected chi connectivity index (χ3v) is 2.23. The zero-order chi connectivity index (χ0) is 9.42. The van der Waals surface area contributed by atoms with E-state index in [4.69, 9.17) is 0 Å². The molecule has 1 atom stereocenters. The molecule has 1 fully saturated rings. The second kappa shape index (κ2) is 2.76. The maximum atomic E-state index is 11.5. The highest BCUT2D eigenvalue weighted by Crippen LogP contribution is 2.14. The number of hydrogen-bond donors (Lipinski definition) is 2. The number of carbonyl (C=O) groups excluding carboxylic acids is 2. The molecule has 5 heteroatoms. The van der Waals surface area contributed by atoms with Crippen LogP contribution in [0.15, 0.2) is 11.9 Å². The summed E-state index contributed by atoms with van der Waals surface area (Å²) in [7, 11) is 0. The smallest absolute Gasteiger partial charge is 0.270 e. The zero-order valence-corrected chi connectivity index (χ0v) is 7.33. The molecular weight excluding hydrogens is 170 g/mol. The Balaban J connectivity index is 2.32. The highest BCUT2D eigenvalue weighted by atomic mass is 16.2. The first-order valence-corrected chi connectivity index (χ1v) is 4.26. The van der Waals surface area contributed by atoms with E-state index in [1.54, 1.807) is 13.1 Å². The van der Waals surface area contributed by atoms with Crippen LogP contribution in [-0.4, -0.2) is 35.8 Å². The van der Waals surface area contributed by atoms with Crippen LogP contribution in [0.3, 0.4) is 0 Å². The standard InChI is InChI=1S/C8H11N3O2/c1-5-8(13)11-3-2-9-4-6(11)7(12)10-5/h4-5,9H,2-3H2,1H3,(H,10,12)/t5-/m1/s1. The second-order valence-corrected chi connectivity index (χ2v) is 3.17. The second-order valence-electron chi connectivity index (χ2n) is 3.17. The number of fused-ring (bicyclic) bond motifs is 1. The van der Waals surface area contributed by atoms with Gasteiger partial charge < -0.3 is 15.5 Å². The molecule has 5 nitrogen and oxygen atoms in total. The summed E-state index contributed by atoms with van der Waals surface area (Å²) in [5, 5.41) is 5.52. The van der Waals surface area contributed by atoms with Gasteiger partial charge in [-0.2, -0.15) is 0 Å². The summed E-state index contributed by atoms with van der Waals surface area (Å²) >= 11 is 0. The molecule has 2 N–H and O–H groups in total. The van der Waals surface area contributed by atoms with Crippen LogP contribution in [0.1, 0.15) is 6.92 Å². The Hall–Kier alpha value is -1.52. The number of amides is 2. The van der Waals surface area contributed by atoms with Crippen LogP contribution in [0, 0.1) is 0 Å². The monoisotopic (exact) mass is 181 g/mol. The summed E-state index contributed by atoms with van der Waals surface area (Å²) in [6, 6.07) is -0.400. The lowest BCUT2D eigenvalue weighted by Crippen LogP contribution is -2.58. The Morgan fingerprint density at radius 3 is 3.08 bits per heavy atom. The minimum Gasteiger partial charge on any atom is -0.387 e. The quantitative estimate of drug-likeness (QED) is 0.492. The maximum Gasteiger partial charge on any atom is 0.270 e. The van der Waals surface area contributed by atoms with Gasteiger partial charge in [0.1, 0.15) is 11.7 Å². The van der Waals surface area contributed by atoms with Gasteiger partial charge in [0.15, 0.2) is 0 Å². The fourth-order valence-corrected chi connectivity index (χ4v) is 1.53. The van der Waals surface area contributed by atoms with E-state index >= 15 is 0 Å². The van der Waals surface area contributed by atoms with Gasteiger partial charge in [-0.3, -0.25) is 9.59 Å². The van der Waals surface area contributed by atoms with E-state index < -0.39 is 6.04 Å². The molecule has 0 aromatic heterocycles. The molecular formula is C8H11N3O2. The van der Waals surface area contributed by atoms with Gasteiger partial charge in [-0.05, 0) is 6.92 Å². The predicted octanol–water partition coefficient (Wildman–Crippen LogP) is -1.22. The molecule has 2 aliphatic heterocycles. The Labute approximate surface area is 75.8 Å². The summed E-state index contributed by atoms with van der Waals surface area (Å²) in [5.74, 6) is -0.216. The van der Waals surface area contributed by atoms with Crippen LogP contribution in [0.25, 0.3) is 0 Å². The van der Waals surface area contributed by atoms with Crippen LogP contribution in [-0.2, 0) is 9.59 Å². The minimum absolute atomic E-state index is 0.0349. The number of nitrogens with zero attached hydrogens (tertiary/aromatic N) is 1. The molecule has 0 saturated carbocycles.